The molecule has 22 heavy (non-hydrogen) atoms. The Hall–Kier alpha value is -0.610. The van der Waals surface area contributed by atoms with Crippen molar-refractivity contribution in [1.82, 2.24) is 10.2 Å². The predicted octanol–water partition coefficient (Wildman–Crippen LogP) is 1.49. The van der Waals surface area contributed by atoms with Gasteiger partial charge in [0.2, 0.25) is 5.91 Å². The lowest BCUT2D eigenvalue weighted by Gasteiger charge is -2.31. The molecule has 0 aromatic carbocycles. The summed E-state index contributed by atoms with van der Waals surface area (Å²) in [6, 6.07) is 0. The topological polar surface area (TPSA) is 52.6 Å². The SMILES string of the molecule is O=C(NCC1CCN(CCCO)CC1)C1[C@@H]2[C@H]3CC[C@H](C3)[C@H]12. The van der Waals surface area contributed by atoms with Gasteiger partial charge in [0, 0.05) is 25.6 Å². The maximum absolute atomic E-state index is 12.4. The molecule has 4 fully saturated rings. The van der Waals surface area contributed by atoms with Crippen molar-refractivity contribution in [3.8, 4) is 0 Å². The number of carbonyl (C=O) groups is 1. The van der Waals surface area contributed by atoms with Crippen molar-refractivity contribution in [2.75, 3.05) is 32.8 Å². The highest BCUT2D eigenvalue weighted by molar-refractivity contribution is 5.82. The molecule has 5 atom stereocenters. The van der Waals surface area contributed by atoms with Crippen molar-refractivity contribution in [2.45, 2.75) is 38.5 Å². The molecule has 4 rings (SSSR count). The van der Waals surface area contributed by atoms with E-state index in [0.717, 1.165) is 56.3 Å². The Labute approximate surface area is 133 Å². The molecule has 4 nitrogen and oxygen atoms in total. The van der Waals surface area contributed by atoms with E-state index in [9.17, 15) is 4.79 Å². The maximum atomic E-state index is 12.4. The van der Waals surface area contributed by atoms with Crippen molar-refractivity contribution in [3.63, 3.8) is 0 Å². The van der Waals surface area contributed by atoms with Crippen molar-refractivity contribution in [1.29, 1.82) is 0 Å². The number of aliphatic hydroxyl groups excluding tert-OH is 1. The van der Waals surface area contributed by atoms with Crippen molar-refractivity contribution < 1.29 is 9.90 Å². The van der Waals surface area contributed by atoms with Gasteiger partial charge in [-0.05, 0) is 81.2 Å². The minimum absolute atomic E-state index is 0.293. The number of hydrogen-bond acceptors (Lipinski definition) is 3. The van der Waals surface area contributed by atoms with E-state index < -0.39 is 0 Å². The van der Waals surface area contributed by atoms with Crippen molar-refractivity contribution in [2.24, 2.45) is 35.5 Å². The molecule has 1 heterocycles. The summed E-state index contributed by atoms with van der Waals surface area (Å²) in [4.78, 5) is 14.9. The van der Waals surface area contributed by atoms with Crippen LogP contribution in [0.4, 0.5) is 0 Å². The minimum atomic E-state index is 0.293. The fraction of sp³-hybridized carbons (Fsp3) is 0.944. The van der Waals surface area contributed by atoms with Gasteiger partial charge < -0.3 is 15.3 Å². The molecule has 4 heteroatoms. The van der Waals surface area contributed by atoms with Crippen LogP contribution in [-0.4, -0.2) is 48.7 Å². The number of piperidine rings is 1. The van der Waals surface area contributed by atoms with E-state index in [4.69, 9.17) is 5.11 Å². The van der Waals surface area contributed by atoms with E-state index in [1.807, 2.05) is 0 Å². The lowest BCUT2D eigenvalue weighted by atomic mass is 9.96. The molecule has 0 spiro atoms. The average molecular weight is 306 g/mol. The summed E-state index contributed by atoms with van der Waals surface area (Å²) >= 11 is 0. The number of carbonyl (C=O) groups excluding carboxylic acids is 1. The molecule has 1 amide bonds. The van der Waals surface area contributed by atoms with Crippen LogP contribution in [0, 0.1) is 35.5 Å². The van der Waals surface area contributed by atoms with Gasteiger partial charge in [-0.15, -0.1) is 0 Å². The first kappa shape index (κ1) is 14.9. The number of nitrogens with zero attached hydrogens (tertiary/aromatic N) is 1. The second-order valence-corrected chi connectivity index (χ2v) is 8.12. The molecule has 0 aromatic rings. The summed E-state index contributed by atoms with van der Waals surface area (Å²) in [7, 11) is 0. The van der Waals surface area contributed by atoms with Gasteiger partial charge in [0.1, 0.15) is 0 Å². The highest BCUT2D eigenvalue weighted by Crippen LogP contribution is 2.69. The highest BCUT2D eigenvalue weighted by atomic mass is 16.3. The number of fused-ring (bicyclic) bond motifs is 5. The molecule has 4 aliphatic rings. The van der Waals surface area contributed by atoms with E-state index in [1.165, 1.54) is 32.1 Å². The first-order chi connectivity index (χ1) is 10.8. The largest absolute Gasteiger partial charge is 0.396 e. The van der Waals surface area contributed by atoms with Crippen molar-refractivity contribution in [3.05, 3.63) is 0 Å². The van der Waals surface area contributed by atoms with E-state index in [1.54, 1.807) is 0 Å². The van der Waals surface area contributed by atoms with Crippen LogP contribution in [0.5, 0.6) is 0 Å². The van der Waals surface area contributed by atoms with Crippen LogP contribution in [0.3, 0.4) is 0 Å². The zero-order valence-corrected chi connectivity index (χ0v) is 13.5. The number of hydrogen-bond donors (Lipinski definition) is 2. The quantitative estimate of drug-likeness (QED) is 0.782. The molecule has 124 valence electrons. The number of likely N-dealkylation sites (tertiary alicyclic amines) is 1. The normalized spacial score (nSPS) is 40.7. The second kappa shape index (κ2) is 6.12. The smallest absolute Gasteiger partial charge is 0.223 e. The Morgan fingerprint density at radius 1 is 1.09 bits per heavy atom. The average Bonchev–Trinajstić information content (AvgIpc) is 2.99. The molecule has 1 saturated heterocycles. The summed E-state index contributed by atoms with van der Waals surface area (Å²) in [5.41, 5.74) is 0. The number of rotatable bonds is 6. The Morgan fingerprint density at radius 3 is 2.41 bits per heavy atom. The summed E-state index contributed by atoms with van der Waals surface area (Å²) in [6.07, 6.45) is 7.46. The molecule has 1 unspecified atom stereocenters. The summed E-state index contributed by atoms with van der Waals surface area (Å²) in [6.45, 7) is 4.45. The Morgan fingerprint density at radius 2 is 1.77 bits per heavy atom. The van der Waals surface area contributed by atoms with Crippen LogP contribution in [0.2, 0.25) is 0 Å². The molecule has 0 radical (unpaired) electrons. The van der Waals surface area contributed by atoms with Crippen LogP contribution in [0.25, 0.3) is 0 Å². The monoisotopic (exact) mass is 306 g/mol. The molecular formula is C18H30N2O2. The van der Waals surface area contributed by atoms with E-state index in [-0.39, 0.29) is 0 Å². The standard InChI is InChI=1S/C18H30N2O2/c21-9-1-6-20-7-4-12(5-8-20)11-19-18(22)17-15-13-2-3-14(10-13)16(15)17/h12-17,21H,1-11H2,(H,19,22)/t13-,14+,15+,16-,17?. The summed E-state index contributed by atoms with van der Waals surface area (Å²) in [5.74, 6) is 4.72. The maximum Gasteiger partial charge on any atom is 0.223 e. The van der Waals surface area contributed by atoms with E-state index >= 15 is 0 Å². The van der Waals surface area contributed by atoms with Gasteiger partial charge in [0.15, 0.2) is 0 Å². The third-order valence-corrected chi connectivity index (χ3v) is 6.94. The van der Waals surface area contributed by atoms with Gasteiger partial charge in [-0.2, -0.15) is 0 Å². The predicted molar refractivity (Wildman–Crippen MR) is 85.2 cm³/mol. The molecule has 1 aliphatic heterocycles. The molecule has 2 bridgehead atoms. The number of amides is 1. The van der Waals surface area contributed by atoms with Crippen LogP contribution in [-0.2, 0) is 4.79 Å². The molecule has 3 aliphatic carbocycles. The first-order valence-corrected chi connectivity index (χ1v) is 9.39. The molecule has 0 aromatic heterocycles. The van der Waals surface area contributed by atoms with Crippen LogP contribution in [0.15, 0.2) is 0 Å². The third kappa shape index (κ3) is 2.69. The zero-order valence-electron chi connectivity index (χ0n) is 13.5. The van der Waals surface area contributed by atoms with Crippen LogP contribution < -0.4 is 5.32 Å². The van der Waals surface area contributed by atoms with Gasteiger partial charge >= 0.3 is 0 Å². The summed E-state index contributed by atoms with van der Waals surface area (Å²) in [5, 5.41) is 12.2. The fourth-order valence-corrected chi connectivity index (χ4v) is 5.75. The highest BCUT2D eigenvalue weighted by Gasteiger charge is 2.67. The number of nitrogens with one attached hydrogen (secondary N) is 1. The third-order valence-electron chi connectivity index (χ3n) is 6.94. The zero-order chi connectivity index (χ0) is 15.1. The summed E-state index contributed by atoms with van der Waals surface area (Å²) < 4.78 is 0. The van der Waals surface area contributed by atoms with Gasteiger partial charge in [0.25, 0.3) is 0 Å². The lowest BCUT2D eigenvalue weighted by molar-refractivity contribution is -0.123. The fourth-order valence-electron chi connectivity index (χ4n) is 5.75. The van der Waals surface area contributed by atoms with Gasteiger partial charge in [0.05, 0.1) is 0 Å². The molecule has 3 saturated carbocycles. The van der Waals surface area contributed by atoms with Crippen LogP contribution in [0.1, 0.15) is 38.5 Å². The first-order valence-electron chi connectivity index (χ1n) is 9.39. The Bertz CT molecular complexity index is 403. The molecule has 2 N–H and O–H groups in total. The van der Waals surface area contributed by atoms with Crippen molar-refractivity contribution >= 4 is 5.91 Å². The molecular weight excluding hydrogens is 276 g/mol. The number of aliphatic hydroxyl groups is 1. The Balaban J connectivity index is 1.17. The van der Waals surface area contributed by atoms with E-state index in [0.29, 0.717) is 24.3 Å². The van der Waals surface area contributed by atoms with Crippen LogP contribution >= 0.6 is 0 Å². The minimum Gasteiger partial charge on any atom is -0.396 e. The Kier molecular flexibility index (Phi) is 4.16. The lowest BCUT2D eigenvalue weighted by Crippen LogP contribution is -2.39. The second-order valence-electron chi connectivity index (χ2n) is 8.12. The van der Waals surface area contributed by atoms with Gasteiger partial charge in [-0.1, -0.05) is 0 Å². The van der Waals surface area contributed by atoms with Gasteiger partial charge in [-0.25, -0.2) is 0 Å². The van der Waals surface area contributed by atoms with Gasteiger partial charge in [-0.3, -0.25) is 4.79 Å². The van der Waals surface area contributed by atoms with E-state index in [2.05, 4.69) is 10.2 Å².